The average molecular weight is 268 g/mol. The van der Waals surface area contributed by atoms with E-state index in [0.29, 0.717) is 10.6 Å². The monoisotopic (exact) mass is 267 g/mol. The van der Waals surface area contributed by atoms with Gasteiger partial charge in [0.15, 0.2) is 5.84 Å². The molecule has 98 valence electrons. The SMILES string of the molecule is CC1CCN(c2cccc(Cl)c2C(N)=NO)CC1. The quantitative estimate of drug-likeness (QED) is 0.375. The Kier molecular flexibility index (Phi) is 3.97. The molecule has 0 aromatic heterocycles. The maximum absolute atomic E-state index is 8.86. The first kappa shape index (κ1) is 13.0. The molecule has 4 nitrogen and oxygen atoms in total. The van der Waals surface area contributed by atoms with Gasteiger partial charge >= 0.3 is 0 Å². The van der Waals surface area contributed by atoms with E-state index in [4.69, 9.17) is 22.5 Å². The Morgan fingerprint density at radius 2 is 2.11 bits per heavy atom. The van der Waals surface area contributed by atoms with Crippen LogP contribution in [0.15, 0.2) is 23.4 Å². The second-order valence-electron chi connectivity index (χ2n) is 4.79. The first-order chi connectivity index (χ1) is 8.63. The highest BCUT2D eigenvalue weighted by atomic mass is 35.5. The summed E-state index contributed by atoms with van der Waals surface area (Å²) in [7, 11) is 0. The third-order valence-electron chi connectivity index (χ3n) is 3.48. The van der Waals surface area contributed by atoms with Gasteiger partial charge in [0.2, 0.25) is 0 Å². The van der Waals surface area contributed by atoms with E-state index in [9.17, 15) is 0 Å². The fourth-order valence-electron chi connectivity index (χ4n) is 2.33. The summed E-state index contributed by atoms with van der Waals surface area (Å²) >= 11 is 6.15. The summed E-state index contributed by atoms with van der Waals surface area (Å²) in [6, 6.07) is 5.62. The molecule has 18 heavy (non-hydrogen) atoms. The molecule has 1 aromatic carbocycles. The lowest BCUT2D eigenvalue weighted by atomic mass is 9.98. The molecule has 0 aliphatic carbocycles. The third-order valence-corrected chi connectivity index (χ3v) is 3.79. The van der Waals surface area contributed by atoms with Crippen LogP contribution in [0.3, 0.4) is 0 Å². The Bertz CT molecular complexity index is 454. The van der Waals surface area contributed by atoms with E-state index in [1.807, 2.05) is 12.1 Å². The predicted octanol–water partition coefficient (Wildman–Crippen LogP) is 2.67. The molecule has 1 heterocycles. The summed E-state index contributed by atoms with van der Waals surface area (Å²) in [5.74, 6) is 0.821. The number of nitrogens with zero attached hydrogens (tertiary/aromatic N) is 2. The number of benzene rings is 1. The van der Waals surface area contributed by atoms with Crippen molar-refractivity contribution in [3.8, 4) is 0 Å². The van der Waals surface area contributed by atoms with Gasteiger partial charge in [0, 0.05) is 18.8 Å². The first-order valence-electron chi connectivity index (χ1n) is 6.15. The molecule has 0 unspecified atom stereocenters. The zero-order valence-corrected chi connectivity index (χ0v) is 11.2. The van der Waals surface area contributed by atoms with Crippen LogP contribution in [-0.4, -0.2) is 24.1 Å². The molecular formula is C13H18ClN3O. The van der Waals surface area contributed by atoms with Crippen molar-refractivity contribution in [3.05, 3.63) is 28.8 Å². The van der Waals surface area contributed by atoms with Gasteiger partial charge in [0.05, 0.1) is 10.6 Å². The number of anilines is 1. The van der Waals surface area contributed by atoms with Crippen molar-refractivity contribution >= 4 is 23.1 Å². The van der Waals surface area contributed by atoms with Gasteiger partial charge in [-0.3, -0.25) is 0 Å². The maximum atomic E-state index is 8.86. The molecule has 1 aliphatic heterocycles. The molecule has 0 radical (unpaired) electrons. The minimum absolute atomic E-state index is 0.0641. The molecule has 0 atom stereocenters. The molecule has 2 rings (SSSR count). The first-order valence-corrected chi connectivity index (χ1v) is 6.52. The summed E-state index contributed by atoms with van der Waals surface area (Å²) < 4.78 is 0. The highest BCUT2D eigenvalue weighted by molar-refractivity contribution is 6.34. The second-order valence-corrected chi connectivity index (χ2v) is 5.20. The lowest BCUT2D eigenvalue weighted by Gasteiger charge is -2.33. The number of piperidine rings is 1. The standard InChI is InChI=1S/C13H18ClN3O/c1-9-5-7-17(8-6-9)11-4-2-3-10(14)12(11)13(15)16-18/h2-4,9,18H,5-8H2,1H3,(H2,15,16). The van der Waals surface area contributed by atoms with Gasteiger partial charge in [-0.05, 0) is 30.9 Å². The van der Waals surface area contributed by atoms with Gasteiger partial charge < -0.3 is 15.8 Å². The number of nitrogens with two attached hydrogens (primary N) is 1. The van der Waals surface area contributed by atoms with Gasteiger partial charge in [0.1, 0.15) is 0 Å². The fourth-order valence-corrected chi connectivity index (χ4v) is 2.60. The minimum atomic E-state index is 0.0641. The Hall–Kier alpha value is -1.42. The van der Waals surface area contributed by atoms with Gasteiger partial charge in [0.25, 0.3) is 0 Å². The number of oxime groups is 1. The fraction of sp³-hybridized carbons (Fsp3) is 0.462. The highest BCUT2D eigenvalue weighted by Gasteiger charge is 2.21. The molecule has 1 saturated heterocycles. The predicted molar refractivity (Wildman–Crippen MR) is 74.6 cm³/mol. The van der Waals surface area contributed by atoms with Crippen LogP contribution in [0.1, 0.15) is 25.3 Å². The van der Waals surface area contributed by atoms with Crippen LogP contribution in [0.2, 0.25) is 5.02 Å². The molecule has 0 amide bonds. The molecule has 0 spiro atoms. The largest absolute Gasteiger partial charge is 0.409 e. The lowest BCUT2D eigenvalue weighted by molar-refractivity contribution is 0.318. The summed E-state index contributed by atoms with van der Waals surface area (Å²) in [6.45, 7) is 4.22. The van der Waals surface area contributed by atoms with E-state index < -0.39 is 0 Å². The van der Waals surface area contributed by atoms with Crippen molar-refractivity contribution < 1.29 is 5.21 Å². The van der Waals surface area contributed by atoms with Gasteiger partial charge in [-0.25, -0.2) is 0 Å². The molecule has 0 saturated carbocycles. The topological polar surface area (TPSA) is 61.8 Å². The summed E-state index contributed by atoms with van der Waals surface area (Å²) in [6.07, 6.45) is 2.31. The molecule has 1 aliphatic rings. The summed E-state index contributed by atoms with van der Waals surface area (Å²) in [5, 5.41) is 12.5. The Morgan fingerprint density at radius 1 is 1.44 bits per heavy atom. The van der Waals surface area contributed by atoms with Crippen molar-refractivity contribution in [2.24, 2.45) is 16.8 Å². The maximum Gasteiger partial charge on any atom is 0.173 e. The second kappa shape index (κ2) is 5.48. The van der Waals surface area contributed by atoms with E-state index in [0.717, 1.165) is 37.5 Å². The zero-order chi connectivity index (χ0) is 13.1. The molecule has 5 heteroatoms. The van der Waals surface area contributed by atoms with Crippen molar-refractivity contribution in [2.75, 3.05) is 18.0 Å². The normalized spacial score (nSPS) is 18.1. The van der Waals surface area contributed by atoms with E-state index >= 15 is 0 Å². The Labute approximate surface area is 112 Å². The lowest BCUT2D eigenvalue weighted by Crippen LogP contribution is -2.34. The summed E-state index contributed by atoms with van der Waals surface area (Å²) in [5.41, 5.74) is 7.29. The van der Waals surface area contributed by atoms with Crippen LogP contribution in [0, 0.1) is 5.92 Å². The van der Waals surface area contributed by atoms with Crippen molar-refractivity contribution in [1.29, 1.82) is 0 Å². The van der Waals surface area contributed by atoms with Crippen LogP contribution >= 0.6 is 11.6 Å². The number of rotatable bonds is 2. The number of halogens is 1. The smallest absolute Gasteiger partial charge is 0.173 e. The molecule has 1 aromatic rings. The van der Waals surface area contributed by atoms with Crippen molar-refractivity contribution in [3.63, 3.8) is 0 Å². The molecular weight excluding hydrogens is 250 g/mol. The van der Waals surface area contributed by atoms with Crippen LogP contribution in [0.4, 0.5) is 5.69 Å². The van der Waals surface area contributed by atoms with Crippen LogP contribution in [0.25, 0.3) is 0 Å². The van der Waals surface area contributed by atoms with Crippen LogP contribution in [-0.2, 0) is 0 Å². The Balaban J connectivity index is 2.35. The van der Waals surface area contributed by atoms with E-state index in [-0.39, 0.29) is 5.84 Å². The zero-order valence-electron chi connectivity index (χ0n) is 10.4. The molecule has 3 N–H and O–H groups in total. The van der Waals surface area contributed by atoms with Gasteiger partial charge in [-0.1, -0.05) is 29.7 Å². The van der Waals surface area contributed by atoms with E-state index in [1.165, 1.54) is 0 Å². The average Bonchev–Trinajstić information content (AvgIpc) is 2.38. The van der Waals surface area contributed by atoms with Crippen molar-refractivity contribution in [1.82, 2.24) is 0 Å². The molecule has 0 bridgehead atoms. The molecule has 1 fully saturated rings. The number of hydrogen-bond acceptors (Lipinski definition) is 3. The van der Waals surface area contributed by atoms with Gasteiger partial charge in [-0.2, -0.15) is 0 Å². The van der Waals surface area contributed by atoms with Crippen LogP contribution in [0.5, 0.6) is 0 Å². The minimum Gasteiger partial charge on any atom is -0.409 e. The van der Waals surface area contributed by atoms with Crippen LogP contribution < -0.4 is 10.6 Å². The highest BCUT2D eigenvalue weighted by Crippen LogP contribution is 2.30. The third kappa shape index (κ3) is 2.53. The summed E-state index contributed by atoms with van der Waals surface area (Å²) in [4.78, 5) is 2.25. The number of hydrogen-bond donors (Lipinski definition) is 2. The van der Waals surface area contributed by atoms with Gasteiger partial charge in [-0.15, -0.1) is 0 Å². The number of amidine groups is 1. The Morgan fingerprint density at radius 3 is 2.72 bits per heavy atom. The van der Waals surface area contributed by atoms with E-state index in [1.54, 1.807) is 6.07 Å². The van der Waals surface area contributed by atoms with E-state index in [2.05, 4.69) is 17.0 Å². The van der Waals surface area contributed by atoms with Crippen molar-refractivity contribution in [2.45, 2.75) is 19.8 Å².